The number of halogens is 1. The van der Waals surface area contributed by atoms with Gasteiger partial charge in [0.2, 0.25) is 5.91 Å². The Morgan fingerprint density at radius 1 is 1.50 bits per heavy atom. The number of ketones is 1. The second-order valence-electron chi connectivity index (χ2n) is 2.67. The average Bonchev–Trinajstić information content (AvgIpc) is 2.17. The lowest BCUT2D eigenvalue weighted by atomic mass is 10.2. The molecule has 1 aromatic rings. The van der Waals surface area contributed by atoms with E-state index < -0.39 is 0 Å². The molecule has 1 aromatic heterocycles. The Morgan fingerprint density at radius 2 is 2.21 bits per heavy atom. The SMILES string of the molecule is CC(=O)Nc1ccc(C(=O)CBr)nc1. The second kappa shape index (κ2) is 4.85. The Labute approximate surface area is 89.9 Å². The molecule has 0 atom stereocenters. The van der Waals surface area contributed by atoms with Crippen LogP contribution in [0.1, 0.15) is 17.4 Å². The molecule has 0 radical (unpaired) electrons. The molecule has 1 rings (SSSR count). The molecule has 0 bridgehead atoms. The van der Waals surface area contributed by atoms with Gasteiger partial charge in [-0.3, -0.25) is 14.6 Å². The number of anilines is 1. The molecule has 1 heterocycles. The van der Waals surface area contributed by atoms with Crippen LogP contribution in [-0.2, 0) is 4.79 Å². The van der Waals surface area contributed by atoms with Gasteiger partial charge in [-0.05, 0) is 12.1 Å². The fourth-order valence-corrected chi connectivity index (χ4v) is 1.19. The Kier molecular flexibility index (Phi) is 3.76. The molecule has 1 amide bonds. The largest absolute Gasteiger partial charge is 0.325 e. The van der Waals surface area contributed by atoms with Crippen LogP contribution in [0.2, 0.25) is 0 Å². The molecular formula is C9H9BrN2O2. The molecule has 5 heteroatoms. The quantitative estimate of drug-likeness (QED) is 0.661. The fraction of sp³-hybridized carbons (Fsp3) is 0.222. The van der Waals surface area contributed by atoms with Crippen molar-refractivity contribution in [3.63, 3.8) is 0 Å². The van der Waals surface area contributed by atoms with Crippen molar-refractivity contribution in [2.24, 2.45) is 0 Å². The number of nitrogens with zero attached hydrogens (tertiary/aromatic N) is 1. The van der Waals surface area contributed by atoms with E-state index >= 15 is 0 Å². The summed E-state index contributed by atoms with van der Waals surface area (Å²) in [6.45, 7) is 1.41. The van der Waals surface area contributed by atoms with Gasteiger partial charge in [-0.2, -0.15) is 0 Å². The summed E-state index contributed by atoms with van der Waals surface area (Å²) < 4.78 is 0. The van der Waals surface area contributed by atoms with E-state index in [1.54, 1.807) is 12.1 Å². The van der Waals surface area contributed by atoms with E-state index in [-0.39, 0.29) is 17.0 Å². The minimum Gasteiger partial charge on any atom is -0.325 e. The third kappa shape index (κ3) is 2.92. The zero-order valence-electron chi connectivity index (χ0n) is 7.58. The average molecular weight is 257 g/mol. The number of pyridine rings is 1. The molecule has 0 aliphatic heterocycles. The van der Waals surface area contributed by atoms with E-state index in [2.05, 4.69) is 26.2 Å². The van der Waals surface area contributed by atoms with Gasteiger partial charge in [0.1, 0.15) is 5.69 Å². The maximum atomic E-state index is 11.2. The zero-order chi connectivity index (χ0) is 10.6. The van der Waals surface area contributed by atoms with Crippen LogP contribution in [0.25, 0.3) is 0 Å². The van der Waals surface area contributed by atoms with E-state index in [1.165, 1.54) is 13.1 Å². The molecule has 0 unspecified atom stereocenters. The third-order valence-electron chi connectivity index (χ3n) is 1.49. The lowest BCUT2D eigenvalue weighted by molar-refractivity contribution is -0.114. The molecule has 0 fully saturated rings. The van der Waals surface area contributed by atoms with E-state index in [1.807, 2.05) is 0 Å². The summed E-state index contributed by atoms with van der Waals surface area (Å²) in [6.07, 6.45) is 1.46. The van der Waals surface area contributed by atoms with E-state index in [0.717, 1.165) is 0 Å². The van der Waals surface area contributed by atoms with Gasteiger partial charge in [-0.15, -0.1) is 0 Å². The van der Waals surface area contributed by atoms with E-state index in [9.17, 15) is 9.59 Å². The van der Waals surface area contributed by atoms with Gasteiger partial charge in [0.05, 0.1) is 17.2 Å². The van der Waals surface area contributed by atoms with Crippen LogP contribution in [-0.4, -0.2) is 22.0 Å². The number of nitrogens with one attached hydrogen (secondary N) is 1. The van der Waals surface area contributed by atoms with Crippen LogP contribution in [0.3, 0.4) is 0 Å². The summed E-state index contributed by atoms with van der Waals surface area (Å²) in [5.74, 6) is -0.245. The number of aromatic nitrogens is 1. The minimum absolute atomic E-state index is 0.0839. The topological polar surface area (TPSA) is 59.1 Å². The lowest BCUT2D eigenvalue weighted by Gasteiger charge is -2.01. The molecule has 0 aliphatic carbocycles. The maximum absolute atomic E-state index is 11.2. The van der Waals surface area contributed by atoms with Gasteiger partial charge >= 0.3 is 0 Å². The summed E-state index contributed by atoms with van der Waals surface area (Å²) in [5, 5.41) is 2.81. The highest BCUT2D eigenvalue weighted by Crippen LogP contribution is 2.07. The molecule has 1 N–H and O–H groups in total. The van der Waals surface area contributed by atoms with Gasteiger partial charge in [0, 0.05) is 6.92 Å². The summed E-state index contributed by atoms with van der Waals surface area (Å²) in [7, 11) is 0. The van der Waals surface area contributed by atoms with Crippen molar-refractivity contribution < 1.29 is 9.59 Å². The Balaban J connectivity index is 2.78. The highest BCUT2D eigenvalue weighted by atomic mass is 79.9. The highest BCUT2D eigenvalue weighted by Gasteiger charge is 2.04. The third-order valence-corrected chi connectivity index (χ3v) is 2.00. The van der Waals surface area contributed by atoms with Crippen LogP contribution >= 0.6 is 15.9 Å². The fourth-order valence-electron chi connectivity index (χ4n) is 0.904. The predicted molar refractivity (Wildman–Crippen MR) is 56.7 cm³/mol. The van der Waals surface area contributed by atoms with E-state index in [4.69, 9.17) is 0 Å². The van der Waals surface area contributed by atoms with Gasteiger partial charge in [0.15, 0.2) is 5.78 Å². The van der Waals surface area contributed by atoms with Gasteiger partial charge in [0.25, 0.3) is 0 Å². The molecule has 0 spiro atoms. The van der Waals surface area contributed by atoms with Crippen molar-refractivity contribution in [3.8, 4) is 0 Å². The number of alkyl halides is 1. The Hall–Kier alpha value is -1.23. The number of Topliss-reactive ketones (excluding diaryl/α,β-unsaturated/α-hetero) is 1. The summed E-state index contributed by atoms with van der Waals surface area (Å²) >= 11 is 3.05. The standard InChI is InChI=1S/C9H9BrN2O2/c1-6(13)12-7-2-3-8(11-5-7)9(14)4-10/h2-3,5H,4H2,1H3,(H,12,13). The molecule has 0 saturated carbocycles. The molecular weight excluding hydrogens is 248 g/mol. The number of rotatable bonds is 3. The number of carbonyl (C=O) groups is 2. The monoisotopic (exact) mass is 256 g/mol. The first-order valence-corrected chi connectivity index (χ1v) is 5.08. The number of hydrogen-bond acceptors (Lipinski definition) is 3. The Bertz CT molecular complexity index is 348. The van der Waals surface area contributed by atoms with Gasteiger partial charge in [-0.1, -0.05) is 15.9 Å². The molecule has 0 aromatic carbocycles. The van der Waals surface area contributed by atoms with Crippen molar-refractivity contribution in [2.45, 2.75) is 6.92 Å². The van der Waals surface area contributed by atoms with Crippen molar-refractivity contribution >= 4 is 33.3 Å². The second-order valence-corrected chi connectivity index (χ2v) is 3.23. The van der Waals surface area contributed by atoms with Crippen molar-refractivity contribution in [2.75, 3.05) is 10.6 Å². The van der Waals surface area contributed by atoms with Crippen LogP contribution in [0.15, 0.2) is 18.3 Å². The van der Waals surface area contributed by atoms with Crippen molar-refractivity contribution in [1.82, 2.24) is 4.98 Å². The lowest BCUT2D eigenvalue weighted by Crippen LogP contribution is -2.08. The molecule has 74 valence electrons. The van der Waals surface area contributed by atoms with Gasteiger partial charge < -0.3 is 5.32 Å². The first-order chi connectivity index (χ1) is 6.63. The smallest absolute Gasteiger partial charge is 0.221 e. The van der Waals surface area contributed by atoms with E-state index in [0.29, 0.717) is 11.4 Å². The van der Waals surface area contributed by atoms with Crippen LogP contribution in [0, 0.1) is 0 Å². The predicted octanol–water partition coefficient (Wildman–Crippen LogP) is 1.62. The maximum Gasteiger partial charge on any atom is 0.221 e. The normalized spacial score (nSPS) is 9.57. The summed E-state index contributed by atoms with van der Waals surface area (Å²) in [6, 6.07) is 3.22. The summed E-state index contributed by atoms with van der Waals surface area (Å²) in [4.78, 5) is 25.7. The molecule has 0 aliphatic rings. The number of hydrogen-bond donors (Lipinski definition) is 1. The summed E-state index contributed by atoms with van der Waals surface area (Å²) in [5.41, 5.74) is 0.972. The molecule has 0 saturated heterocycles. The van der Waals surface area contributed by atoms with Gasteiger partial charge in [-0.25, -0.2) is 0 Å². The minimum atomic E-state index is -0.161. The first-order valence-electron chi connectivity index (χ1n) is 3.96. The zero-order valence-corrected chi connectivity index (χ0v) is 9.17. The molecule has 14 heavy (non-hydrogen) atoms. The highest BCUT2D eigenvalue weighted by molar-refractivity contribution is 9.09. The molecule has 4 nitrogen and oxygen atoms in total. The van der Waals surface area contributed by atoms with Crippen LogP contribution < -0.4 is 5.32 Å². The van der Waals surface area contributed by atoms with Crippen molar-refractivity contribution in [3.05, 3.63) is 24.0 Å². The van der Waals surface area contributed by atoms with Crippen LogP contribution in [0.4, 0.5) is 5.69 Å². The number of carbonyl (C=O) groups excluding carboxylic acids is 2. The Morgan fingerprint density at radius 3 is 2.64 bits per heavy atom. The van der Waals surface area contributed by atoms with Crippen LogP contribution in [0.5, 0.6) is 0 Å². The first kappa shape index (κ1) is 10.8. The van der Waals surface area contributed by atoms with Crippen molar-refractivity contribution in [1.29, 1.82) is 0 Å². The number of amides is 1.